The van der Waals surface area contributed by atoms with Gasteiger partial charge in [0.2, 0.25) is 15.9 Å². The summed E-state index contributed by atoms with van der Waals surface area (Å²) in [5.74, 6) is -2.82. The molecule has 2 aromatic carbocycles. The smallest absolute Gasteiger partial charge is 0.244 e. The summed E-state index contributed by atoms with van der Waals surface area (Å²) in [7, 11) is -3.92. The van der Waals surface area contributed by atoms with Gasteiger partial charge in [-0.2, -0.15) is 0 Å². The molecule has 1 amide bonds. The van der Waals surface area contributed by atoms with E-state index in [1.807, 2.05) is 38.1 Å². The lowest BCUT2D eigenvalue weighted by Gasteiger charge is -2.30. The minimum Gasteiger partial charge on any atom is -0.347 e. The number of nitrogens with zero attached hydrogens (tertiary/aromatic N) is 1. The van der Waals surface area contributed by atoms with E-state index in [9.17, 15) is 22.0 Å². The Morgan fingerprint density at radius 1 is 1.14 bits per heavy atom. The number of carbonyl (C=O) groups is 1. The van der Waals surface area contributed by atoms with Crippen LogP contribution in [0.3, 0.4) is 0 Å². The third-order valence-electron chi connectivity index (χ3n) is 4.53. The summed E-state index contributed by atoms with van der Waals surface area (Å²) in [5, 5.41) is 2.86. The first-order chi connectivity index (χ1) is 13.1. The number of anilines is 1. The van der Waals surface area contributed by atoms with Gasteiger partial charge in [-0.3, -0.25) is 9.10 Å². The lowest BCUT2D eigenvalue weighted by atomic mass is 9.99. The van der Waals surface area contributed by atoms with Gasteiger partial charge in [-0.15, -0.1) is 0 Å². The van der Waals surface area contributed by atoms with Crippen molar-refractivity contribution in [2.75, 3.05) is 10.6 Å². The van der Waals surface area contributed by atoms with Crippen LogP contribution in [0.4, 0.5) is 14.5 Å². The monoisotopic (exact) mass is 410 g/mol. The van der Waals surface area contributed by atoms with E-state index in [4.69, 9.17) is 0 Å². The summed E-state index contributed by atoms with van der Waals surface area (Å²) in [6, 6.07) is 8.85. The molecule has 0 aliphatic heterocycles. The molecule has 0 radical (unpaired) electrons. The first kappa shape index (κ1) is 21.8. The van der Waals surface area contributed by atoms with Crippen molar-refractivity contribution in [1.29, 1.82) is 0 Å². The number of nitrogens with one attached hydrogen (secondary N) is 1. The quantitative estimate of drug-likeness (QED) is 0.757. The van der Waals surface area contributed by atoms with E-state index in [0.29, 0.717) is 6.42 Å². The summed E-state index contributed by atoms with van der Waals surface area (Å²) in [5.41, 5.74) is 1.82. The van der Waals surface area contributed by atoms with Gasteiger partial charge >= 0.3 is 0 Å². The maximum absolute atomic E-state index is 13.6. The number of amides is 1. The Bertz CT molecular complexity index is 964. The highest BCUT2D eigenvalue weighted by molar-refractivity contribution is 7.92. The Hall–Kier alpha value is -2.48. The van der Waals surface area contributed by atoms with Gasteiger partial charge in [0.1, 0.15) is 6.04 Å². The number of hydrogen-bond donors (Lipinski definition) is 1. The standard InChI is InChI=1S/C20H24F2N2O3S/c1-5-19(16-9-7-6-8-13(16)2)23-20(25)14(3)24(28(4,26)27)15-10-11-17(21)18(22)12-15/h6-12,14,19H,5H2,1-4H3,(H,23,25). The van der Waals surface area contributed by atoms with E-state index in [-0.39, 0.29) is 11.7 Å². The molecule has 5 nitrogen and oxygen atoms in total. The van der Waals surface area contributed by atoms with Gasteiger partial charge in [-0.05, 0) is 43.5 Å². The molecule has 0 fully saturated rings. The highest BCUT2D eigenvalue weighted by Crippen LogP contribution is 2.25. The number of aryl methyl sites for hydroxylation is 1. The lowest BCUT2D eigenvalue weighted by molar-refractivity contribution is -0.122. The molecular formula is C20H24F2N2O3S. The third kappa shape index (κ3) is 4.86. The number of halogens is 2. The highest BCUT2D eigenvalue weighted by Gasteiger charge is 2.31. The number of sulfonamides is 1. The molecule has 1 N–H and O–H groups in total. The van der Waals surface area contributed by atoms with Gasteiger partial charge < -0.3 is 5.32 Å². The largest absolute Gasteiger partial charge is 0.347 e. The number of benzene rings is 2. The minimum atomic E-state index is -3.92. The van der Waals surface area contributed by atoms with Gasteiger partial charge in [-0.25, -0.2) is 17.2 Å². The van der Waals surface area contributed by atoms with Crippen LogP contribution in [-0.4, -0.2) is 26.6 Å². The van der Waals surface area contributed by atoms with Gasteiger partial charge in [0.15, 0.2) is 11.6 Å². The van der Waals surface area contributed by atoms with Crippen LogP contribution in [0.5, 0.6) is 0 Å². The summed E-state index contributed by atoms with van der Waals surface area (Å²) in [4.78, 5) is 12.8. The van der Waals surface area contributed by atoms with Crippen LogP contribution in [0.15, 0.2) is 42.5 Å². The number of hydrogen-bond acceptors (Lipinski definition) is 3. The zero-order valence-electron chi connectivity index (χ0n) is 16.2. The van der Waals surface area contributed by atoms with Crippen molar-refractivity contribution in [1.82, 2.24) is 5.32 Å². The summed E-state index contributed by atoms with van der Waals surface area (Å²) < 4.78 is 52.2. The Balaban J connectivity index is 2.33. The van der Waals surface area contributed by atoms with E-state index in [1.165, 1.54) is 6.92 Å². The zero-order valence-corrected chi connectivity index (χ0v) is 17.1. The lowest BCUT2D eigenvalue weighted by Crippen LogP contribution is -2.48. The topological polar surface area (TPSA) is 66.5 Å². The Morgan fingerprint density at radius 3 is 2.32 bits per heavy atom. The maximum atomic E-state index is 13.6. The van der Waals surface area contributed by atoms with Crippen molar-refractivity contribution in [3.63, 3.8) is 0 Å². The fourth-order valence-electron chi connectivity index (χ4n) is 3.10. The Morgan fingerprint density at radius 2 is 1.79 bits per heavy atom. The molecule has 0 saturated heterocycles. The van der Waals surface area contributed by atoms with E-state index < -0.39 is 33.6 Å². The molecule has 0 aliphatic carbocycles. The molecule has 152 valence electrons. The summed E-state index contributed by atoms with van der Waals surface area (Å²) >= 11 is 0. The molecule has 2 rings (SSSR count). The number of carbonyl (C=O) groups excluding carboxylic acids is 1. The zero-order chi connectivity index (χ0) is 21.1. The van der Waals surface area contributed by atoms with Crippen molar-refractivity contribution < 1.29 is 22.0 Å². The highest BCUT2D eigenvalue weighted by atomic mass is 32.2. The SMILES string of the molecule is CCC(NC(=O)C(C)N(c1ccc(F)c(F)c1)S(C)(=O)=O)c1ccccc1C. The second-order valence-corrected chi connectivity index (χ2v) is 8.52. The van der Waals surface area contributed by atoms with Crippen LogP contribution in [0, 0.1) is 18.6 Å². The molecule has 2 atom stereocenters. The van der Waals surface area contributed by atoms with Gasteiger partial charge in [0.05, 0.1) is 18.0 Å². The van der Waals surface area contributed by atoms with E-state index >= 15 is 0 Å². The molecular weight excluding hydrogens is 386 g/mol. The van der Waals surface area contributed by atoms with Crippen molar-refractivity contribution in [2.45, 2.75) is 39.3 Å². The third-order valence-corrected chi connectivity index (χ3v) is 5.78. The fourth-order valence-corrected chi connectivity index (χ4v) is 4.27. The first-order valence-electron chi connectivity index (χ1n) is 8.86. The van der Waals surface area contributed by atoms with Crippen LogP contribution < -0.4 is 9.62 Å². The van der Waals surface area contributed by atoms with Gasteiger partial charge in [0.25, 0.3) is 0 Å². The molecule has 0 aliphatic rings. The molecule has 0 bridgehead atoms. The molecule has 0 saturated carbocycles. The molecule has 0 heterocycles. The van der Waals surface area contributed by atoms with Crippen molar-refractivity contribution in [2.24, 2.45) is 0 Å². The van der Waals surface area contributed by atoms with Gasteiger partial charge in [0, 0.05) is 6.07 Å². The minimum absolute atomic E-state index is 0.118. The molecule has 2 aromatic rings. The van der Waals surface area contributed by atoms with Crippen LogP contribution in [-0.2, 0) is 14.8 Å². The van der Waals surface area contributed by atoms with Gasteiger partial charge in [-0.1, -0.05) is 31.2 Å². The molecule has 2 unspecified atom stereocenters. The predicted octanol–water partition coefficient (Wildman–Crippen LogP) is 3.70. The molecule has 28 heavy (non-hydrogen) atoms. The fraction of sp³-hybridized carbons (Fsp3) is 0.350. The predicted molar refractivity (Wildman–Crippen MR) is 105 cm³/mol. The average Bonchev–Trinajstić information content (AvgIpc) is 2.62. The van der Waals surface area contributed by atoms with Crippen LogP contribution in [0.1, 0.15) is 37.4 Å². The molecule has 0 spiro atoms. The van der Waals surface area contributed by atoms with Crippen LogP contribution in [0.2, 0.25) is 0 Å². The summed E-state index contributed by atoms with van der Waals surface area (Å²) in [6.45, 7) is 5.24. The Kier molecular flexibility index (Phi) is 6.77. The maximum Gasteiger partial charge on any atom is 0.244 e. The van der Waals surface area contributed by atoms with Crippen molar-refractivity contribution in [3.05, 3.63) is 65.2 Å². The van der Waals surface area contributed by atoms with Crippen molar-refractivity contribution >= 4 is 21.6 Å². The first-order valence-corrected chi connectivity index (χ1v) is 10.7. The average molecular weight is 410 g/mol. The van der Waals surface area contributed by atoms with Crippen LogP contribution in [0.25, 0.3) is 0 Å². The number of rotatable bonds is 7. The second-order valence-electron chi connectivity index (χ2n) is 6.66. The van der Waals surface area contributed by atoms with E-state index in [0.717, 1.165) is 39.9 Å². The normalized spacial score (nSPS) is 13.6. The second kappa shape index (κ2) is 8.68. The van der Waals surface area contributed by atoms with Crippen molar-refractivity contribution in [3.8, 4) is 0 Å². The molecule has 8 heteroatoms. The summed E-state index contributed by atoms with van der Waals surface area (Å²) in [6.07, 6.45) is 1.52. The molecule has 0 aromatic heterocycles. The van der Waals surface area contributed by atoms with Crippen LogP contribution >= 0.6 is 0 Å². The Labute approximate surface area is 164 Å². The van der Waals surface area contributed by atoms with E-state index in [1.54, 1.807) is 0 Å². The van der Waals surface area contributed by atoms with E-state index in [2.05, 4.69) is 5.32 Å².